The lowest BCUT2D eigenvalue weighted by molar-refractivity contribution is -0.127. The molecule has 1 unspecified atom stereocenters. The molecule has 6 heteroatoms. The third-order valence-corrected chi connectivity index (χ3v) is 2.90. The number of methoxy groups -OCH3 is 1. The maximum Gasteiger partial charge on any atom is 0.253 e. The quantitative estimate of drug-likeness (QED) is 0.534. The monoisotopic (exact) mass is 296 g/mol. The summed E-state index contributed by atoms with van der Waals surface area (Å²) in [6.45, 7) is 5.46. The summed E-state index contributed by atoms with van der Waals surface area (Å²) in [6, 6.07) is 5.34. The lowest BCUT2D eigenvalue weighted by Gasteiger charge is -2.15. The summed E-state index contributed by atoms with van der Waals surface area (Å²) < 4.78 is 15.5. The fraction of sp³-hybridized carbons (Fsp3) is 0.533. The fourth-order valence-corrected chi connectivity index (χ4v) is 1.67. The lowest BCUT2D eigenvalue weighted by Crippen LogP contribution is -2.29. The van der Waals surface area contributed by atoms with Gasteiger partial charge in [0.25, 0.3) is 5.91 Å². The number of nitrogens with two attached hydrogens (primary N) is 1. The molecule has 0 aliphatic rings. The number of carbonyl (C=O) groups is 1. The van der Waals surface area contributed by atoms with Crippen LogP contribution in [0.2, 0.25) is 0 Å². The van der Waals surface area contributed by atoms with Gasteiger partial charge in [-0.1, -0.05) is 0 Å². The predicted molar refractivity (Wildman–Crippen MR) is 82.3 cm³/mol. The van der Waals surface area contributed by atoms with Gasteiger partial charge in [-0.15, -0.1) is 0 Å². The van der Waals surface area contributed by atoms with Crippen LogP contribution in [0.15, 0.2) is 18.2 Å². The van der Waals surface area contributed by atoms with Gasteiger partial charge in [-0.05, 0) is 37.6 Å². The normalized spacial score (nSPS) is 12.1. The van der Waals surface area contributed by atoms with Gasteiger partial charge in [-0.25, -0.2) is 0 Å². The molecule has 0 aliphatic heterocycles. The van der Waals surface area contributed by atoms with Crippen molar-refractivity contribution in [3.63, 3.8) is 0 Å². The molecule has 0 radical (unpaired) electrons. The lowest BCUT2D eigenvalue weighted by atomic mass is 10.1. The second-order valence-electron chi connectivity index (χ2n) is 4.68. The average molecular weight is 296 g/mol. The first-order valence-corrected chi connectivity index (χ1v) is 6.90. The molecule has 3 N–H and O–H groups in total. The molecule has 0 bridgehead atoms. The Morgan fingerprint density at radius 3 is 2.67 bits per heavy atom. The van der Waals surface area contributed by atoms with Crippen molar-refractivity contribution in [1.29, 1.82) is 0 Å². The Morgan fingerprint density at radius 2 is 2.00 bits per heavy atom. The van der Waals surface area contributed by atoms with Crippen LogP contribution in [0.25, 0.3) is 0 Å². The zero-order valence-corrected chi connectivity index (χ0v) is 12.8. The first kappa shape index (κ1) is 17.4. The van der Waals surface area contributed by atoms with Gasteiger partial charge >= 0.3 is 0 Å². The zero-order chi connectivity index (χ0) is 15.7. The van der Waals surface area contributed by atoms with Crippen molar-refractivity contribution in [1.82, 2.24) is 0 Å². The molecule has 21 heavy (non-hydrogen) atoms. The molecule has 0 saturated carbocycles. The van der Waals surface area contributed by atoms with Crippen LogP contribution >= 0.6 is 0 Å². The summed E-state index contributed by atoms with van der Waals surface area (Å²) in [4.78, 5) is 12.0. The molecule has 1 amide bonds. The molecule has 0 heterocycles. The molecule has 6 nitrogen and oxygen atoms in total. The van der Waals surface area contributed by atoms with Gasteiger partial charge in [-0.3, -0.25) is 4.79 Å². The van der Waals surface area contributed by atoms with E-state index in [2.05, 4.69) is 5.32 Å². The summed E-state index contributed by atoms with van der Waals surface area (Å²) in [5, 5.41) is 2.82. The third kappa shape index (κ3) is 6.57. The van der Waals surface area contributed by atoms with E-state index in [4.69, 9.17) is 19.9 Å². The molecule has 1 aromatic carbocycles. The smallest absolute Gasteiger partial charge is 0.253 e. The van der Waals surface area contributed by atoms with Crippen molar-refractivity contribution in [2.75, 3.05) is 44.6 Å². The number of amides is 1. The number of rotatable bonds is 9. The summed E-state index contributed by atoms with van der Waals surface area (Å²) in [6.07, 6.45) is -0.548. The van der Waals surface area contributed by atoms with Crippen molar-refractivity contribution >= 4 is 17.3 Å². The highest BCUT2D eigenvalue weighted by Crippen LogP contribution is 2.17. The van der Waals surface area contributed by atoms with Crippen molar-refractivity contribution < 1.29 is 19.0 Å². The second kappa shape index (κ2) is 9.33. The molecule has 1 atom stereocenters. The summed E-state index contributed by atoms with van der Waals surface area (Å²) in [5.41, 5.74) is 8.00. The standard InChI is InChI=1S/C15H24N2O4/c1-11-10-13(16)4-5-14(11)17-15(18)12(2)21-9-8-20-7-6-19-3/h4-5,10,12H,6-9,16H2,1-3H3,(H,17,18). The largest absolute Gasteiger partial charge is 0.399 e. The molecule has 0 fully saturated rings. The van der Waals surface area contributed by atoms with E-state index in [0.717, 1.165) is 11.3 Å². The van der Waals surface area contributed by atoms with E-state index < -0.39 is 6.10 Å². The maximum atomic E-state index is 12.0. The summed E-state index contributed by atoms with van der Waals surface area (Å²) in [7, 11) is 1.62. The first-order chi connectivity index (χ1) is 10.0. The number of hydrogen-bond donors (Lipinski definition) is 2. The number of aryl methyl sites for hydroxylation is 1. The highest BCUT2D eigenvalue weighted by Gasteiger charge is 2.14. The Labute approximate surface area is 125 Å². The Morgan fingerprint density at radius 1 is 1.29 bits per heavy atom. The highest BCUT2D eigenvalue weighted by molar-refractivity contribution is 5.94. The van der Waals surface area contributed by atoms with Gasteiger partial charge in [0, 0.05) is 18.5 Å². The third-order valence-electron chi connectivity index (χ3n) is 2.90. The number of ether oxygens (including phenoxy) is 3. The van der Waals surface area contributed by atoms with E-state index in [1.165, 1.54) is 0 Å². The number of carbonyl (C=O) groups excluding carboxylic acids is 1. The van der Waals surface area contributed by atoms with E-state index in [1.807, 2.05) is 13.0 Å². The average Bonchev–Trinajstić information content (AvgIpc) is 2.45. The van der Waals surface area contributed by atoms with Crippen molar-refractivity contribution in [3.8, 4) is 0 Å². The van der Waals surface area contributed by atoms with Crippen LogP contribution in [0.1, 0.15) is 12.5 Å². The second-order valence-corrected chi connectivity index (χ2v) is 4.68. The number of anilines is 2. The molecule has 1 rings (SSSR count). The molecule has 0 spiro atoms. The van der Waals surface area contributed by atoms with Crippen molar-refractivity contribution in [2.24, 2.45) is 0 Å². The van der Waals surface area contributed by atoms with Crippen LogP contribution in [-0.4, -0.2) is 45.5 Å². The van der Waals surface area contributed by atoms with Gasteiger partial charge in [0.2, 0.25) is 0 Å². The van der Waals surface area contributed by atoms with Gasteiger partial charge in [0.15, 0.2) is 0 Å². The highest BCUT2D eigenvalue weighted by atomic mass is 16.5. The Hall–Kier alpha value is -1.63. The SMILES string of the molecule is COCCOCCOC(C)C(=O)Nc1ccc(N)cc1C. The van der Waals surface area contributed by atoms with Crippen molar-refractivity contribution in [2.45, 2.75) is 20.0 Å². The van der Waals surface area contributed by atoms with Gasteiger partial charge in [-0.2, -0.15) is 0 Å². The van der Waals surface area contributed by atoms with Gasteiger partial charge < -0.3 is 25.3 Å². The van der Waals surface area contributed by atoms with Crippen LogP contribution in [0.4, 0.5) is 11.4 Å². The molecule has 0 aliphatic carbocycles. The topological polar surface area (TPSA) is 82.8 Å². The van der Waals surface area contributed by atoms with E-state index in [0.29, 0.717) is 32.1 Å². The van der Waals surface area contributed by atoms with Crippen LogP contribution in [0, 0.1) is 6.92 Å². The van der Waals surface area contributed by atoms with E-state index >= 15 is 0 Å². The van der Waals surface area contributed by atoms with E-state index in [1.54, 1.807) is 26.2 Å². The molecular weight excluding hydrogens is 272 g/mol. The number of nitrogen functional groups attached to an aromatic ring is 1. The minimum atomic E-state index is -0.548. The van der Waals surface area contributed by atoms with E-state index in [9.17, 15) is 4.79 Å². The number of hydrogen-bond acceptors (Lipinski definition) is 5. The Bertz CT molecular complexity index is 451. The fourth-order valence-electron chi connectivity index (χ4n) is 1.67. The van der Waals surface area contributed by atoms with Crippen molar-refractivity contribution in [3.05, 3.63) is 23.8 Å². The minimum Gasteiger partial charge on any atom is -0.399 e. The van der Waals surface area contributed by atoms with E-state index in [-0.39, 0.29) is 5.91 Å². The summed E-state index contributed by atoms with van der Waals surface area (Å²) >= 11 is 0. The minimum absolute atomic E-state index is 0.195. The van der Waals surface area contributed by atoms with Crippen LogP contribution in [0.5, 0.6) is 0 Å². The number of nitrogens with one attached hydrogen (secondary N) is 1. The first-order valence-electron chi connectivity index (χ1n) is 6.90. The zero-order valence-electron chi connectivity index (χ0n) is 12.8. The van der Waals surface area contributed by atoms with Crippen LogP contribution in [-0.2, 0) is 19.0 Å². The summed E-state index contributed by atoms with van der Waals surface area (Å²) in [5.74, 6) is -0.195. The molecular formula is C15H24N2O4. The van der Waals surface area contributed by atoms with Gasteiger partial charge in [0.1, 0.15) is 6.10 Å². The Balaban J connectivity index is 2.30. The molecule has 1 aromatic rings. The molecule has 118 valence electrons. The number of benzene rings is 1. The predicted octanol–water partition coefficient (Wildman–Crippen LogP) is 1.58. The van der Waals surface area contributed by atoms with Crippen LogP contribution < -0.4 is 11.1 Å². The Kier molecular flexibility index (Phi) is 7.74. The van der Waals surface area contributed by atoms with Gasteiger partial charge in [0.05, 0.1) is 26.4 Å². The molecule has 0 aromatic heterocycles. The molecule has 0 saturated heterocycles. The maximum absolute atomic E-state index is 12.0. The van der Waals surface area contributed by atoms with Crippen LogP contribution in [0.3, 0.4) is 0 Å².